The molecule has 2 heterocycles. The molecule has 4 atom stereocenters. The van der Waals surface area contributed by atoms with Crippen molar-refractivity contribution in [3.05, 3.63) is 82.7 Å². The van der Waals surface area contributed by atoms with Crippen LogP contribution in [0.4, 0.5) is 4.39 Å². The van der Waals surface area contributed by atoms with E-state index in [9.17, 15) is 4.39 Å². The lowest BCUT2D eigenvalue weighted by Crippen LogP contribution is -2.25. The number of nitrogens with one attached hydrogen (secondary N) is 2. The topological polar surface area (TPSA) is 101 Å². The van der Waals surface area contributed by atoms with E-state index in [4.69, 9.17) is 197 Å². The number of benzene rings is 2. The van der Waals surface area contributed by atoms with E-state index in [1.807, 2.05) is 27.7 Å². The van der Waals surface area contributed by atoms with Gasteiger partial charge in [0.1, 0.15) is 5.82 Å². The highest BCUT2D eigenvalue weighted by molar-refractivity contribution is 6.68. The van der Waals surface area contributed by atoms with E-state index in [2.05, 4.69) is 40.5 Å². The zero-order valence-electron chi connectivity index (χ0n) is 28.4. The van der Waals surface area contributed by atoms with Gasteiger partial charge in [-0.1, -0.05) is 175 Å². The summed E-state index contributed by atoms with van der Waals surface area (Å²) in [4.78, 5) is 23.8. The Morgan fingerprint density at radius 3 is 0.982 bits per heavy atom. The van der Waals surface area contributed by atoms with Gasteiger partial charge >= 0.3 is 0 Å². The maximum atomic E-state index is 13.3. The lowest BCUT2D eigenvalue weighted by Gasteiger charge is -2.15. The SMILES string of the molecule is CC(Cl)NC(C)Cl.CC(Cl)NC(C)Cl.Clc1cccc(-c2nc(C(Cl)(Cl)Cl)nc(C(Cl)(Cl)Cl)n2)c1.Fc1cccc(-c2nc(C(Cl)(Cl)Cl)nc(C(Cl)(Cl)Cl)n2)c1. The van der Waals surface area contributed by atoms with Crippen LogP contribution in [-0.2, 0) is 15.2 Å². The van der Waals surface area contributed by atoms with Crippen LogP contribution in [0.2, 0.25) is 5.02 Å². The van der Waals surface area contributed by atoms with Crippen molar-refractivity contribution in [3.8, 4) is 22.8 Å². The van der Waals surface area contributed by atoms with Crippen molar-refractivity contribution in [3.63, 3.8) is 0 Å². The van der Waals surface area contributed by atoms with Gasteiger partial charge in [-0.15, -0.1) is 46.4 Å². The Morgan fingerprint density at radius 2 is 0.750 bits per heavy atom. The summed E-state index contributed by atoms with van der Waals surface area (Å²) >= 11 is 97.1. The lowest BCUT2D eigenvalue weighted by atomic mass is 10.2. The molecule has 4 rings (SSSR count). The lowest BCUT2D eigenvalue weighted by molar-refractivity contribution is 0.628. The number of hydrogen-bond acceptors (Lipinski definition) is 8. The van der Waals surface area contributed by atoms with Crippen LogP contribution in [0.25, 0.3) is 22.8 Å². The standard InChI is InChI=1S/C11H4Cl7N3.C11H4Cl6FN3.2C4H9Cl2N/c12-6-3-1-2-5(4-6)7-19-8(10(13,14)15)21-9(20-7)11(16,17)18;12-10(13,14)8-19-7(5-2-1-3-6(18)4-5)20-9(21-8)11(15,16)17;2*1-3(5)7-4(2)6/h2*1-4H;2*3-4,7H,1-2H3. The molecule has 0 fully saturated rings. The summed E-state index contributed by atoms with van der Waals surface area (Å²) in [6, 6.07) is 12.2. The normalized spacial score (nSPS) is 14.1. The zero-order valence-corrected chi connectivity index (χ0v) is 41.3. The average molecular weight is 1120 g/mol. The molecule has 312 valence electrons. The van der Waals surface area contributed by atoms with Gasteiger partial charge in [0.05, 0.1) is 22.0 Å². The fourth-order valence-corrected chi connectivity index (χ4v) is 5.49. The third kappa shape index (κ3) is 22.4. The molecule has 0 spiro atoms. The summed E-state index contributed by atoms with van der Waals surface area (Å²) in [5.41, 5.74) is 0.749. The average Bonchev–Trinajstić information content (AvgIpc) is 3.02. The maximum absolute atomic E-state index is 13.3. The molecular weight excluding hydrogens is 1090 g/mol. The van der Waals surface area contributed by atoms with Crippen LogP contribution in [0.3, 0.4) is 0 Å². The van der Waals surface area contributed by atoms with Gasteiger partial charge in [-0.3, -0.25) is 10.6 Å². The van der Waals surface area contributed by atoms with Crippen molar-refractivity contribution < 1.29 is 4.39 Å². The van der Waals surface area contributed by atoms with Crippen LogP contribution in [0, 0.1) is 5.82 Å². The van der Waals surface area contributed by atoms with E-state index in [1.54, 1.807) is 30.3 Å². The van der Waals surface area contributed by atoms with Crippen molar-refractivity contribution in [2.45, 2.75) is 64.9 Å². The first-order chi connectivity index (χ1) is 25.4. The molecule has 0 aliphatic heterocycles. The van der Waals surface area contributed by atoms with E-state index in [-0.39, 0.29) is 57.0 Å². The van der Waals surface area contributed by atoms with Crippen molar-refractivity contribution >= 4 is 197 Å². The Bertz CT molecular complexity index is 1610. The van der Waals surface area contributed by atoms with Crippen LogP contribution < -0.4 is 10.6 Å². The van der Waals surface area contributed by atoms with Gasteiger partial charge in [0.15, 0.2) is 34.9 Å². The monoisotopic (exact) mass is 1110 g/mol. The molecule has 2 aromatic heterocycles. The molecule has 0 radical (unpaired) electrons. The number of nitrogens with zero attached hydrogens (tertiary/aromatic N) is 6. The van der Waals surface area contributed by atoms with E-state index < -0.39 is 21.0 Å². The summed E-state index contributed by atoms with van der Waals surface area (Å²) < 4.78 is 5.62. The molecule has 8 nitrogen and oxygen atoms in total. The Balaban J connectivity index is 0.000000421. The van der Waals surface area contributed by atoms with Crippen LogP contribution >= 0.6 is 197 Å². The summed E-state index contributed by atoms with van der Waals surface area (Å²) in [5.74, 6) is -1.06. The second kappa shape index (κ2) is 24.8. The van der Waals surface area contributed by atoms with Gasteiger partial charge in [0.25, 0.3) is 0 Å². The summed E-state index contributed by atoms with van der Waals surface area (Å²) in [7, 11) is 0. The third-order valence-corrected chi connectivity index (χ3v) is 8.14. The molecule has 0 amide bonds. The number of hydrogen-bond donors (Lipinski definition) is 2. The molecule has 0 aliphatic rings. The summed E-state index contributed by atoms with van der Waals surface area (Å²) in [6.45, 7) is 7.34. The molecule has 4 aromatic rings. The molecule has 0 aliphatic carbocycles. The second-order valence-electron chi connectivity index (χ2n) is 10.4. The zero-order chi connectivity index (χ0) is 43.4. The first-order valence-corrected chi connectivity index (χ1v) is 21.5. The Hall–Kier alpha value is 1.24. The van der Waals surface area contributed by atoms with Crippen LogP contribution in [-0.4, -0.2) is 51.9 Å². The fraction of sp³-hybridized carbons (Fsp3) is 0.400. The largest absolute Gasteiger partial charge is 0.286 e. The third-order valence-electron chi connectivity index (χ3n) is 5.37. The molecule has 2 N–H and O–H groups in total. The Morgan fingerprint density at radius 1 is 0.464 bits per heavy atom. The number of rotatable bonds is 6. The van der Waals surface area contributed by atoms with Gasteiger partial charge in [-0.05, 0) is 52.0 Å². The van der Waals surface area contributed by atoms with E-state index >= 15 is 0 Å². The highest BCUT2D eigenvalue weighted by Gasteiger charge is 2.35. The van der Waals surface area contributed by atoms with Crippen molar-refractivity contribution in [2.75, 3.05) is 0 Å². The van der Waals surface area contributed by atoms with Gasteiger partial charge in [0, 0.05) is 16.1 Å². The molecule has 0 saturated heterocycles. The number of halogens is 18. The number of aromatic nitrogens is 6. The summed E-state index contributed by atoms with van der Waals surface area (Å²) in [6.07, 6.45) is 0. The molecule has 2 aromatic carbocycles. The molecule has 4 unspecified atom stereocenters. The quantitative estimate of drug-likeness (QED) is 0.145. The molecular formula is C30H26Cl17FN8. The van der Waals surface area contributed by atoms with Crippen LogP contribution in [0.5, 0.6) is 0 Å². The Labute approximate surface area is 408 Å². The maximum Gasteiger partial charge on any atom is 0.250 e. The fourth-order valence-electron chi connectivity index (χ4n) is 3.41. The van der Waals surface area contributed by atoms with Crippen molar-refractivity contribution in [1.82, 2.24) is 40.5 Å². The first-order valence-electron chi connectivity index (χ1n) is 14.8. The van der Waals surface area contributed by atoms with Crippen LogP contribution in [0.15, 0.2) is 48.5 Å². The smallest absolute Gasteiger partial charge is 0.250 e. The van der Waals surface area contributed by atoms with E-state index in [0.29, 0.717) is 16.1 Å². The number of alkyl halides is 16. The predicted octanol–water partition coefficient (Wildman–Crippen LogP) is 14.7. The van der Waals surface area contributed by atoms with Gasteiger partial charge in [-0.2, -0.15) is 0 Å². The van der Waals surface area contributed by atoms with Gasteiger partial charge in [0.2, 0.25) is 15.2 Å². The van der Waals surface area contributed by atoms with Gasteiger partial charge in [-0.25, -0.2) is 34.3 Å². The minimum atomic E-state index is -1.95. The van der Waals surface area contributed by atoms with E-state index in [1.165, 1.54) is 18.2 Å². The molecule has 56 heavy (non-hydrogen) atoms. The van der Waals surface area contributed by atoms with Crippen molar-refractivity contribution in [2.24, 2.45) is 0 Å². The van der Waals surface area contributed by atoms with Crippen LogP contribution in [0.1, 0.15) is 51.0 Å². The second-order valence-corrected chi connectivity index (χ2v) is 22.6. The Kier molecular flexibility index (Phi) is 24.4. The molecule has 26 heteroatoms. The predicted molar refractivity (Wildman–Crippen MR) is 240 cm³/mol. The summed E-state index contributed by atoms with van der Waals surface area (Å²) in [5, 5.41) is 6.16. The molecule has 0 bridgehead atoms. The van der Waals surface area contributed by atoms with E-state index in [0.717, 1.165) is 0 Å². The van der Waals surface area contributed by atoms with Gasteiger partial charge < -0.3 is 0 Å². The minimum Gasteiger partial charge on any atom is -0.286 e. The highest BCUT2D eigenvalue weighted by atomic mass is 35.6. The van der Waals surface area contributed by atoms with Crippen molar-refractivity contribution in [1.29, 1.82) is 0 Å². The minimum absolute atomic E-state index is 0.0205. The first kappa shape index (κ1) is 55.3. The molecule has 0 saturated carbocycles. The highest BCUT2D eigenvalue weighted by Crippen LogP contribution is 2.42.